The van der Waals surface area contributed by atoms with Crippen molar-refractivity contribution in [3.05, 3.63) is 60.3 Å². The Bertz CT molecular complexity index is 830. The Kier molecular flexibility index (Phi) is 3.95. The van der Waals surface area contributed by atoms with E-state index >= 15 is 0 Å². The first-order valence-corrected chi connectivity index (χ1v) is 8.21. The number of aromatic nitrogens is 3. The number of alkyl halides is 2. The second kappa shape index (κ2) is 6.27. The summed E-state index contributed by atoms with van der Waals surface area (Å²) in [4.78, 5) is 0. The fraction of sp³-hybridized carbons (Fsp3) is 0.263. The molecule has 1 atom stereocenters. The lowest BCUT2D eigenvalue weighted by molar-refractivity contribution is 0.00777. The van der Waals surface area contributed by atoms with Crippen molar-refractivity contribution in [2.75, 3.05) is 0 Å². The van der Waals surface area contributed by atoms with E-state index in [1.54, 1.807) is 0 Å². The van der Waals surface area contributed by atoms with Crippen molar-refractivity contribution in [3.8, 4) is 22.8 Å². The van der Waals surface area contributed by atoms with Crippen molar-refractivity contribution in [1.29, 1.82) is 0 Å². The van der Waals surface area contributed by atoms with Crippen LogP contribution in [0.3, 0.4) is 0 Å². The van der Waals surface area contributed by atoms with Crippen LogP contribution < -0.4 is 4.74 Å². The number of hydrogen-bond donors (Lipinski definition) is 1. The van der Waals surface area contributed by atoms with Crippen molar-refractivity contribution in [2.24, 2.45) is 0 Å². The van der Waals surface area contributed by atoms with Crippen LogP contribution in [-0.2, 0) is 0 Å². The molecule has 6 heteroatoms. The highest BCUT2D eigenvalue weighted by Crippen LogP contribution is 2.44. The van der Waals surface area contributed by atoms with Crippen molar-refractivity contribution < 1.29 is 13.5 Å². The molecule has 1 aliphatic carbocycles. The Hall–Kier alpha value is -2.76. The van der Waals surface area contributed by atoms with Crippen molar-refractivity contribution in [2.45, 2.75) is 31.1 Å². The maximum absolute atomic E-state index is 13.4. The van der Waals surface area contributed by atoms with Gasteiger partial charge in [0, 0.05) is 12.8 Å². The lowest BCUT2D eigenvalue weighted by Crippen LogP contribution is -2.09. The summed E-state index contributed by atoms with van der Waals surface area (Å²) >= 11 is 0. The molecule has 1 heterocycles. The Labute approximate surface area is 143 Å². The zero-order valence-electron chi connectivity index (χ0n) is 13.5. The van der Waals surface area contributed by atoms with E-state index in [1.807, 2.05) is 48.5 Å². The smallest absolute Gasteiger partial charge is 0.258 e. The molecular weight excluding hydrogens is 324 g/mol. The highest BCUT2D eigenvalue weighted by molar-refractivity contribution is 5.64. The van der Waals surface area contributed by atoms with E-state index in [9.17, 15) is 8.78 Å². The standard InChI is InChI=1S/C19H17F2N3O/c20-19(21)10-9-16(11-19)15-3-1-13(2-4-15)14-5-7-17(8-6-14)25-18-12-22-24-23-18/h1-8,12,16H,9-11H2,(H,22,23,24). The molecule has 2 aromatic carbocycles. The summed E-state index contributed by atoms with van der Waals surface area (Å²) in [5.74, 6) is -1.47. The monoisotopic (exact) mass is 341 g/mol. The van der Waals surface area contributed by atoms with Crippen LogP contribution in [0, 0.1) is 0 Å². The zero-order valence-corrected chi connectivity index (χ0v) is 13.5. The predicted octanol–water partition coefficient (Wildman–Crippen LogP) is 5.17. The largest absolute Gasteiger partial charge is 0.436 e. The minimum atomic E-state index is -2.51. The highest BCUT2D eigenvalue weighted by atomic mass is 19.3. The van der Waals surface area contributed by atoms with Crippen LogP contribution in [-0.4, -0.2) is 21.3 Å². The van der Waals surface area contributed by atoms with Crippen LogP contribution >= 0.6 is 0 Å². The average Bonchev–Trinajstić information content (AvgIpc) is 3.25. The van der Waals surface area contributed by atoms with Crippen LogP contribution in [0.25, 0.3) is 11.1 Å². The molecule has 1 saturated carbocycles. The van der Waals surface area contributed by atoms with Gasteiger partial charge in [-0.3, -0.25) is 0 Å². The fourth-order valence-electron chi connectivity index (χ4n) is 3.26. The minimum Gasteiger partial charge on any atom is -0.436 e. The van der Waals surface area contributed by atoms with Gasteiger partial charge in [-0.25, -0.2) is 8.78 Å². The number of ether oxygens (including phenoxy) is 1. The normalized spacial score (nSPS) is 19.0. The molecule has 0 bridgehead atoms. The van der Waals surface area contributed by atoms with Gasteiger partial charge < -0.3 is 4.74 Å². The topological polar surface area (TPSA) is 50.8 Å². The Balaban J connectivity index is 1.46. The summed E-state index contributed by atoms with van der Waals surface area (Å²) in [6.07, 6.45) is 2.01. The van der Waals surface area contributed by atoms with Crippen molar-refractivity contribution in [1.82, 2.24) is 15.4 Å². The fourth-order valence-corrected chi connectivity index (χ4v) is 3.26. The number of rotatable bonds is 4. The average molecular weight is 341 g/mol. The summed E-state index contributed by atoms with van der Waals surface area (Å²) in [6.45, 7) is 0. The van der Waals surface area contributed by atoms with Crippen LogP contribution in [0.2, 0.25) is 0 Å². The quantitative estimate of drug-likeness (QED) is 0.712. The van der Waals surface area contributed by atoms with Crippen LogP contribution in [0.5, 0.6) is 11.6 Å². The van der Waals surface area contributed by atoms with E-state index in [0.717, 1.165) is 16.7 Å². The number of H-pyrrole nitrogens is 1. The number of aromatic amines is 1. The minimum absolute atomic E-state index is 0.00754. The molecule has 0 amide bonds. The number of benzene rings is 2. The third-order valence-electron chi connectivity index (χ3n) is 4.59. The third kappa shape index (κ3) is 3.52. The van der Waals surface area contributed by atoms with E-state index in [1.165, 1.54) is 6.20 Å². The summed E-state index contributed by atoms with van der Waals surface area (Å²) in [5, 5.41) is 10.0. The molecule has 0 aliphatic heterocycles. The van der Waals surface area contributed by atoms with E-state index < -0.39 is 5.92 Å². The molecule has 0 spiro atoms. The molecule has 0 radical (unpaired) electrons. The SMILES string of the molecule is FC1(F)CCC(c2ccc(-c3ccc(Oc4cn[nH]n4)cc3)cc2)C1. The first-order chi connectivity index (χ1) is 12.1. The van der Waals surface area contributed by atoms with Crippen LogP contribution in [0.15, 0.2) is 54.7 Å². The first-order valence-electron chi connectivity index (χ1n) is 8.21. The van der Waals surface area contributed by atoms with Gasteiger partial charge in [0.2, 0.25) is 5.92 Å². The molecule has 1 aromatic heterocycles. The van der Waals surface area contributed by atoms with Gasteiger partial charge in [-0.15, -0.1) is 5.10 Å². The predicted molar refractivity (Wildman–Crippen MR) is 89.9 cm³/mol. The molecule has 0 saturated heterocycles. The van der Waals surface area contributed by atoms with Gasteiger partial charge in [0.1, 0.15) is 11.9 Å². The zero-order chi connectivity index (χ0) is 17.3. The molecule has 3 aromatic rings. The lowest BCUT2D eigenvalue weighted by atomic mass is 9.95. The van der Waals surface area contributed by atoms with Gasteiger partial charge in [-0.05, 0) is 41.2 Å². The second-order valence-corrected chi connectivity index (χ2v) is 6.35. The van der Waals surface area contributed by atoms with Crippen LogP contribution in [0.4, 0.5) is 8.78 Å². The Morgan fingerprint density at radius 1 is 1.00 bits per heavy atom. The maximum Gasteiger partial charge on any atom is 0.258 e. The third-order valence-corrected chi connectivity index (χ3v) is 4.59. The van der Waals surface area contributed by atoms with E-state index in [0.29, 0.717) is 18.1 Å². The number of nitrogens with zero attached hydrogens (tertiary/aromatic N) is 2. The van der Waals surface area contributed by atoms with Gasteiger partial charge in [0.05, 0.1) is 0 Å². The molecule has 1 N–H and O–H groups in total. The molecule has 1 unspecified atom stereocenters. The van der Waals surface area contributed by atoms with Crippen molar-refractivity contribution >= 4 is 0 Å². The summed E-state index contributed by atoms with van der Waals surface area (Å²) < 4.78 is 32.3. The molecule has 128 valence electrons. The number of nitrogens with one attached hydrogen (secondary N) is 1. The summed E-state index contributed by atoms with van der Waals surface area (Å²) in [6, 6.07) is 15.5. The molecule has 25 heavy (non-hydrogen) atoms. The molecule has 1 aliphatic rings. The Morgan fingerprint density at radius 2 is 1.68 bits per heavy atom. The second-order valence-electron chi connectivity index (χ2n) is 6.35. The Morgan fingerprint density at radius 3 is 2.24 bits per heavy atom. The van der Waals surface area contributed by atoms with Gasteiger partial charge in [0.15, 0.2) is 0 Å². The van der Waals surface area contributed by atoms with Gasteiger partial charge in [0.25, 0.3) is 5.88 Å². The summed E-state index contributed by atoms with van der Waals surface area (Å²) in [5.41, 5.74) is 3.07. The lowest BCUT2D eigenvalue weighted by Gasteiger charge is -2.12. The van der Waals surface area contributed by atoms with E-state index in [2.05, 4.69) is 15.4 Å². The highest BCUT2D eigenvalue weighted by Gasteiger charge is 2.39. The van der Waals surface area contributed by atoms with Gasteiger partial charge in [-0.2, -0.15) is 10.3 Å². The molecule has 4 rings (SSSR count). The number of halogens is 2. The molecular formula is C19H17F2N3O. The first kappa shape index (κ1) is 15.7. The van der Waals surface area contributed by atoms with Crippen molar-refractivity contribution in [3.63, 3.8) is 0 Å². The summed E-state index contributed by atoms with van der Waals surface area (Å²) in [7, 11) is 0. The van der Waals surface area contributed by atoms with Gasteiger partial charge in [-0.1, -0.05) is 36.4 Å². The molecule has 1 fully saturated rings. The van der Waals surface area contributed by atoms with Gasteiger partial charge >= 0.3 is 0 Å². The van der Waals surface area contributed by atoms with E-state index in [-0.39, 0.29) is 18.8 Å². The number of hydrogen-bond acceptors (Lipinski definition) is 3. The van der Waals surface area contributed by atoms with E-state index in [4.69, 9.17) is 4.74 Å². The maximum atomic E-state index is 13.4. The van der Waals surface area contributed by atoms with Crippen LogP contribution in [0.1, 0.15) is 30.7 Å². The molecule has 4 nitrogen and oxygen atoms in total.